The van der Waals surface area contributed by atoms with Gasteiger partial charge in [-0.1, -0.05) is 13.0 Å². The number of likely N-dealkylation sites (tertiary alicyclic amines) is 1. The second-order valence-corrected chi connectivity index (χ2v) is 5.23. The first-order valence-corrected chi connectivity index (χ1v) is 7.00. The molecule has 1 aliphatic heterocycles. The first kappa shape index (κ1) is 14.7. The van der Waals surface area contributed by atoms with Crippen molar-refractivity contribution in [2.75, 3.05) is 13.1 Å². The van der Waals surface area contributed by atoms with E-state index < -0.39 is 0 Å². The van der Waals surface area contributed by atoms with Crippen LogP contribution in [0.3, 0.4) is 0 Å². The zero-order chi connectivity index (χ0) is 14.5. The summed E-state index contributed by atoms with van der Waals surface area (Å²) in [6.45, 7) is 4.48. The third kappa shape index (κ3) is 3.42. The Balaban J connectivity index is 2.09. The van der Waals surface area contributed by atoms with E-state index in [0.717, 1.165) is 50.0 Å². The minimum atomic E-state index is -0.351. The summed E-state index contributed by atoms with van der Waals surface area (Å²) in [6, 6.07) is 5.09. The van der Waals surface area contributed by atoms with Gasteiger partial charge in [-0.05, 0) is 43.5 Å². The van der Waals surface area contributed by atoms with Crippen molar-refractivity contribution < 1.29 is 9.72 Å². The lowest BCUT2D eigenvalue weighted by Gasteiger charge is -2.29. The smallest absolute Gasteiger partial charge is 0.269 e. The molecule has 1 aromatic rings. The predicted molar refractivity (Wildman–Crippen MR) is 76.2 cm³/mol. The molecule has 107 valence electrons. The van der Waals surface area contributed by atoms with Crippen LogP contribution in [0.4, 0.5) is 5.69 Å². The summed E-state index contributed by atoms with van der Waals surface area (Å²) >= 11 is 0. The molecular formula is C15H19N2O3. The maximum atomic E-state index is 10.9. The van der Waals surface area contributed by atoms with Gasteiger partial charge in [-0.25, -0.2) is 0 Å². The molecule has 0 atom stereocenters. The first-order valence-electron chi connectivity index (χ1n) is 7.00. The van der Waals surface area contributed by atoms with Crippen molar-refractivity contribution >= 4 is 12.0 Å². The summed E-state index contributed by atoms with van der Waals surface area (Å²) in [7, 11) is 0. The number of non-ortho nitro benzene ring substituents is 1. The number of nitro benzene ring substituents is 1. The van der Waals surface area contributed by atoms with Crippen molar-refractivity contribution in [1.82, 2.24) is 4.90 Å². The average Bonchev–Trinajstić information content (AvgIpc) is 2.48. The summed E-state index contributed by atoms with van der Waals surface area (Å²) in [4.78, 5) is 23.4. The molecule has 0 spiro atoms. The number of nitro groups is 1. The van der Waals surface area contributed by atoms with Gasteiger partial charge >= 0.3 is 0 Å². The van der Waals surface area contributed by atoms with E-state index in [1.54, 1.807) is 12.1 Å². The third-order valence-electron chi connectivity index (χ3n) is 3.93. The largest absolute Gasteiger partial charge is 0.299 e. The van der Waals surface area contributed by atoms with E-state index in [4.69, 9.17) is 0 Å². The molecule has 1 aliphatic rings. The molecule has 0 bridgehead atoms. The Hall–Kier alpha value is -1.75. The first-order chi connectivity index (χ1) is 9.63. The summed E-state index contributed by atoms with van der Waals surface area (Å²) in [6.07, 6.45) is 4.60. The Morgan fingerprint density at radius 3 is 2.60 bits per heavy atom. The lowest BCUT2D eigenvalue weighted by atomic mass is 9.97. The van der Waals surface area contributed by atoms with Gasteiger partial charge in [-0.2, -0.15) is 0 Å². The molecule has 5 nitrogen and oxygen atoms in total. The van der Waals surface area contributed by atoms with Crippen molar-refractivity contribution in [3.8, 4) is 0 Å². The van der Waals surface area contributed by atoms with Crippen LogP contribution in [-0.2, 0) is 17.8 Å². The molecule has 0 aliphatic carbocycles. The molecule has 2 rings (SSSR count). The van der Waals surface area contributed by atoms with E-state index in [1.807, 2.05) is 6.07 Å². The predicted octanol–water partition coefficient (Wildman–Crippen LogP) is 2.48. The molecule has 1 saturated heterocycles. The molecule has 20 heavy (non-hydrogen) atoms. The van der Waals surface area contributed by atoms with Crippen LogP contribution in [-0.4, -0.2) is 29.2 Å². The molecule has 0 amide bonds. The minimum Gasteiger partial charge on any atom is -0.299 e. The Morgan fingerprint density at radius 2 is 2.05 bits per heavy atom. The number of hydrogen-bond donors (Lipinski definition) is 0. The fraction of sp³-hybridized carbons (Fsp3) is 0.533. The van der Waals surface area contributed by atoms with Gasteiger partial charge in [0.25, 0.3) is 5.69 Å². The summed E-state index contributed by atoms with van der Waals surface area (Å²) in [5.74, 6) is 0.0574. The van der Waals surface area contributed by atoms with Crippen molar-refractivity contribution in [3.05, 3.63) is 39.4 Å². The standard InChI is InChI=1S/C15H19N2O3/c1-2-13-3-4-15(17(19)20)9-14(13)10-16-7-5-12(11-18)6-8-16/h3-4,9,12H,2,5-8,10H2,1H3. The Kier molecular flexibility index (Phi) is 4.84. The van der Waals surface area contributed by atoms with Gasteiger partial charge in [0.15, 0.2) is 0 Å². The highest BCUT2D eigenvalue weighted by Gasteiger charge is 2.20. The fourth-order valence-corrected chi connectivity index (χ4v) is 2.67. The maximum absolute atomic E-state index is 10.9. The number of aryl methyl sites for hydroxylation is 1. The van der Waals surface area contributed by atoms with Crippen LogP contribution in [0.5, 0.6) is 0 Å². The molecule has 1 fully saturated rings. The van der Waals surface area contributed by atoms with Gasteiger partial charge in [0.1, 0.15) is 0 Å². The molecule has 1 radical (unpaired) electrons. The van der Waals surface area contributed by atoms with Crippen LogP contribution < -0.4 is 0 Å². The normalized spacial score (nSPS) is 17.1. The molecule has 5 heteroatoms. The molecular weight excluding hydrogens is 256 g/mol. The van der Waals surface area contributed by atoms with Gasteiger partial charge in [0.2, 0.25) is 6.29 Å². The quantitative estimate of drug-likeness (QED) is 0.611. The number of carbonyl (C=O) groups excluding carboxylic acids is 1. The van der Waals surface area contributed by atoms with E-state index in [2.05, 4.69) is 18.1 Å². The van der Waals surface area contributed by atoms with Gasteiger partial charge in [0, 0.05) is 24.6 Å². The van der Waals surface area contributed by atoms with Crippen molar-refractivity contribution in [2.45, 2.75) is 32.7 Å². The average molecular weight is 275 g/mol. The highest BCUT2D eigenvalue weighted by Crippen LogP contribution is 2.22. The lowest BCUT2D eigenvalue weighted by molar-refractivity contribution is -0.384. The molecule has 0 saturated carbocycles. The highest BCUT2D eigenvalue weighted by molar-refractivity contribution is 5.54. The number of rotatable bonds is 5. The van der Waals surface area contributed by atoms with Crippen LogP contribution in [0, 0.1) is 16.0 Å². The highest BCUT2D eigenvalue weighted by atomic mass is 16.6. The van der Waals surface area contributed by atoms with Crippen molar-refractivity contribution in [1.29, 1.82) is 0 Å². The monoisotopic (exact) mass is 275 g/mol. The van der Waals surface area contributed by atoms with Gasteiger partial charge < -0.3 is 0 Å². The maximum Gasteiger partial charge on any atom is 0.269 e. The van der Waals surface area contributed by atoms with Gasteiger partial charge in [0.05, 0.1) is 4.92 Å². The zero-order valence-electron chi connectivity index (χ0n) is 11.7. The SMILES string of the molecule is CCc1ccc([N+](=O)[O-])cc1CN1CCC([C]=O)CC1. The van der Waals surface area contributed by atoms with E-state index >= 15 is 0 Å². The topological polar surface area (TPSA) is 63.5 Å². The Bertz CT molecular complexity index is 494. The lowest BCUT2D eigenvalue weighted by Crippen LogP contribution is -2.33. The Morgan fingerprint density at radius 1 is 1.35 bits per heavy atom. The second kappa shape index (κ2) is 6.61. The molecule has 1 heterocycles. The van der Waals surface area contributed by atoms with Crippen LogP contribution in [0.15, 0.2) is 18.2 Å². The van der Waals surface area contributed by atoms with E-state index in [1.165, 1.54) is 0 Å². The third-order valence-corrected chi connectivity index (χ3v) is 3.93. The van der Waals surface area contributed by atoms with E-state index in [9.17, 15) is 14.9 Å². The number of nitrogens with zero attached hydrogens (tertiary/aromatic N) is 2. The number of benzene rings is 1. The Labute approximate surface area is 118 Å². The van der Waals surface area contributed by atoms with Crippen LogP contribution in [0.1, 0.15) is 30.9 Å². The molecule has 0 N–H and O–H groups in total. The summed E-state index contributed by atoms with van der Waals surface area (Å²) < 4.78 is 0. The zero-order valence-corrected chi connectivity index (χ0v) is 11.7. The fourth-order valence-electron chi connectivity index (χ4n) is 2.67. The van der Waals surface area contributed by atoms with Gasteiger partial charge in [-0.3, -0.25) is 19.8 Å². The second-order valence-electron chi connectivity index (χ2n) is 5.23. The van der Waals surface area contributed by atoms with Crippen LogP contribution in [0.25, 0.3) is 0 Å². The van der Waals surface area contributed by atoms with E-state index in [-0.39, 0.29) is 16.5 Å². The summed E-state index contributed by atoms with van der Waals surface area (Å²) in [5.41, 5.74) is 2.32. The van der Waals surface area contributed by atoms with Crippen molar-refractivity contribution in [3.63, 3.8) is 0 Å². The number of piperidine rings is 1. The summed E-state index contributed by atoms with van der Waals surface area (Å²) in [5, 5.41) is 10.9. The van der Waals surface area contributed by atoms with Crippen molar-refractivity contribution in [2.24, 2.45) is 5.92 Å². The molecule has 1 aromatic carbocycles. The minimum absolute atomic E-state index is 0.0574. The van der Waals surface area contributed by atoms with Gasteiger partial charge in [-0.15, -0.1) is 0 Å². The van der Waals surface area contributed by atoms with E-state index in [0.29, 0.717) is 0 Å². The molecule has 0 aromatic heterocycles. The number of hydrogen-bond acceptors (Lipinski definition) is 4. The van der Waals surface area contributed by atoms with Crippen LogP contribution >= 0.6 is 0 Å². The molecule has 0 unspecified atom stereocenters. The van der Waals surface area contributed by atoms with Crippen LogP contribution in [0.2, 0.25) is 0 Å².